The van der Waals surface area contributed by atoms with Gasteiger partial charge in [-0.1, -0.05) is 32.0 Å². The highest BCUT2D eigenvalue weighted by Crippen LogP contribution is 2.31. The summed E-state index contributed by atoms with van der Waals surface area (Å²) in [5.74, 6) is -1.87. The number of carbonyl (C=O) groups excluding carboxylic acids is 1. The summed E-state index contributed by atoms with van der Waals surface area (Å²) in [7, 11) is 0.500. The smallest absolute Gasteiger partial charge is 0.340 e. The van der Waals surface area contributed by atoms with Crippen molar-refractivity contribution in [2.75, 3.05) is 12.5 Å². The van der Waals surface area contributed by atoms with Crippen molar-refractivity contribution in [1.29, 1.82) is 0 Å². The number of benzene rings is 2. The minimum atomic E-state index is -1.37. The van der Waals surface area contributed by atoms with Crippen molar-refractivity contribution >= 4 is 29.4 Å². The maximum absolute atomic E-state index is 14.1. The van der Waals surface area contributed by atoms with Crippen molar-refractivity contribution in [2.45, 2.75) is 33.7 Å². The van der Waals surface area contributed by atoms with E-state index in [1.165, 1.54) is 18.2 Å². The predicted molar refractivity (Wildman–Crippen MR) is 141 cm³/mol. The lowest BCUT2D eigenvalue weighted by molar-refractivity contribution is -0.0980. The molecule has 4 aromatic rings. The van der Waals surface area contributed by atoms with Crippen LogP contribution in [-0.4, -0.2) is 30.0 Å². The van der Waals surface area contributed by atoms with E-state index in [1.807, 2.05) is 33.6 Å². The Balaban J connectivity index is 0.00000106. The van der Waals surface area contributed by atoms with Crippen LogP contribution in [0.5, 0.6) is 0 Å². The van der Waals surface area contributed by atoms with Gasteiger partial charge in [0.05, 0.1) is 24.3 Å². The minimum absolute atomic E-state index is 0.137. The molecule has 0 fully saturated rings. The molecule has 7 nitrogen and oxygen atoms in total. The third-order valence-electron chi connectivity index (χ3n) is 4.98. The van der Waals surface area contributed by atoms with Gasteiger partial charge in [-0.25, -0.2) is 9.18 Å². The summed E-state index contributed by atoms with van der Waals surface area (Å²) in [5.41, 5.74) is 1.85. The van der Waals surface area contributed by atoms with Crippen molar-refractivity contribution in [3.63, 3.8) is 0 Å². The molecule has 0 saturated heterocycles. The van der Waals surface area contributed by atoms with Gasteiger partial charge in [0.25, 0.3) is 0 Å². The Kier molecular flexibility index (Phi) is 12.3. The molecule has 1 unspecified atom stereocenters. The first-order valence-electron chi connectivity index (χ1n) is 11.3. The summed E-state index contributed by atoms with van der Waals surface area (Å²) in [4.78, 5) is 36.6. The summed E-state index contributed by atoms with van der Waals surface area (Å²) >= 11 is 0. The van der Waals surface area contributed by atoms with Gasteiger partial charge >= 0.3 is 5.97 Å². The number of rotatable bonds is 5. The first-order valence-corrected chi connectivity index (χ1v) is 11.3. The van der Waals surface area contributed by atoms with Gasteiger partial charge in [-0.15, -0.1) is 0 Å². The van der Waals surface area contributed by atoms with Crippen LogP contribution in [0.3, 0.4) is 0 Å². The molecular weight excluding hydrogens is 482 g/mol. The van der Waals surface area contributed by atoms with E-state index >= 15 is 0 Å². The number of aromatic carboxylic acids is 1. The fraction of sp³-hybridized carbons (Fsp3) is 0.214. The van der Waals surface area contributed by atoms with Gasteiger partial charge in [0.15, 0.2) is 11.2 Å². The highest BCUT2D eigenvalue weighted by atomic mass is 19.1. The third kappa shape index (κ3) is 7.30. The molecule has 0 amide bonds. The van der Waals surface area contributed by atoms with Gasteiger partial charge in [0.2, 0.25) is 0 Å². The van der Waals surface area contributed by atoms with Crippen LogP contribution < -0.4 is 10.7 Å². The van der Waals surface area contributed by atoms with E-state index in [0.29, 0.717) is 35.2 Å². The summed E-state index contributed by atoms with van der Waals surface area (Å²) < 4.78 is 29.7. The molecule has 0 aliphatic carbocycles. The second kappa shape index (κ2) is 14.9. The molecule has 1 atom stereocenters. The highest BCUT2D eigenvalue weighted by molar-refractivity contribution is 5.94. The molecule has 196 valence electrons. The number of aromatic nitrogens is 1. The number of pyridine rings is 1. The van der Waals surface area contributed by atoms with Gasteiger partial charge in [0.1, 0.15) is 29.4 Å². The third-order valence-corrected chi connectivity index (χ3v) is 4.98. The number of carboxylic acid groups (broad SMARTS) is 1. The van der Waals surface area contributed by atoms with Crippen molar-refractivity contribution in [3.05, 3.63) is 93.5 Å². The van der Waals surface area contributed by atoms with Crippen LogP contribution in [0.1, 0.15) is 48.3 Å². The molecule has 0 saturated carbocycles. The first-order chi connectivity index (χ1) is 17.8. The second-order valence-corrected chi connectivity index (χ2v) is 7.25. The SMILES string of the molecule is C=O.CC.CF.Cc1cc(C(C)Nc2cccc(F)c2C(=O)O)c2oc(-c3ccccn3)cc(=O)c2c1. The lowest BCUT2D eigenvalue weighted by Gasteiger charge is -2.19. The summed E-state index contributed by atoms with van der Waals surface area (Å²) in [6.07, 6.45) is 1.61. The van der Waals surface area contributed by atoms with Crippen LogP contribution in [-0.2, 0) is 4.79 Å². The molecule has 0 bridgehead atoms. The quantitative estimate of drug-likeness (QED) is 0.310. The number of aryl methyl sites for hydroxylation is 1. The van der Waals surface area contributed by atoms with Crippen LogP contribution in [0.25, 0.3) is 22.4 Å². The molecule has 2 aromatic heterocycles. The van der Waals surface area contributed by atoms with Gasteiger partial charge in [-0.2, -0.15) is 0 Å². The average molecular weight is 513 g/mol. The number of hydrogen-bond acceptors (Lipinski definition) is 6. The Morgan fingerprint density at radius 2 is 1.76 bits per heavy atom. The zero-order valence-corrected chi connectivity index (χ0v) is 21.3. The van der Waals surface area contributed by atoms with Crippen LogP contribution in [0.2, 0.25) is 0 Å². The Morgan fingerprint density at radius 3 is 2.35 bits per heavy atom. The molecule has 0 aliphatic rings. The zero-order valence-electron chi connectivity index (χ0n) is 21.3. The Labute approximate surface area is 213 Å². The summed E-state index contributed by atoms with van der Waals surface area (Å²) in [5, 5.41) is 12.9. The maximum atomic E-state index is 14.1. The first kappa shape index (κ1) is 30.6. The van der Waals surface area contributed by atoms with E-state index < -0.39 is 23.4 Å². The number of fused-ring (bicyclic) bond motifs is 1. The lowest BCUT2D eigenvalue weighted by Crippen LogP contribution is -2.13. The van der Waals surface area contributed by atoms with Crippen LogP contribution in [0.4, 0.5) is 14.5 Å². The van der Waals surface area contributed by atoms with E-state index in [9.17, 15) is 23.5 Å². The average Bonchev–Trinajstić information content (AvgIpc) is 2.92. The predicted octanol–water partition coefficient (Wildman–Crippen LogP) is 6.60. The standard InChI is InChI=1S/C24H19FN2O4.C2H6.CH3F.CH2O/c1-13-10-15(14(2)27-19-8-5-6-17(25)22(19)24(29)30)23-16(11-13)20(28)12-21(31-23)18-7-3-4-9-26-18;3*1-2/h3-12,14,27H,1-2H3,(H,29,30);1-2H3;1H3;1H2. The van der Waals surface area contributed by atoms with Crippen LogP contribution >= 0.6 is 0 Å². The van der Waals surface area contributed by atoms with E-state index in [1.54, 1.807) is 37.4 Å². The van der Waals surface area contributed by atoms with Gasteiger partial charge in [0, 0.05) is 17.8 Å². The number of carbonyl (C=O) groups is 2. The number of nitrogens with one attached hydrogen (secondary N) is 1. The van der Waals surface area contributed by atoms with Crippen molar-refractivity contribution in [3.8, 4) is 11.5 Å². The fourth-order valence-corrected chi connectivity index (χ4v) is 3.56. The lowest BCUT2D eigenvalue weighted by atomic mass is 10.0. The Hall–Kier alpha value is -4.40. The van der Waals surface area contributed by atoms with Crippen LogP contribution in [0.15, 0.2) is 70.0 Å². The minimum Gasteiger partial charge on any atom is -0.478 e. The van der Waals surface area contributed by atoms with Crippen molar-refractivity contribution in [1.82, 2.24) is 4.98 Å². The van der Waals surface area contributed by atoms with Gasteiger partial charge in [-0.05, 0) is 49.7 Å². The van der Waals surface area contributed by atoms with Gasteiger partial charge in [-0.3, -0.25) is 14.2 Å². The summed E-state index contributed by atoms with van der Waals surface area (Å²) in [6.45, 7) is 9.64. The second-order valence-electron chi connectivity index (χ2n) is 7.25. The highest BCUT2D eigenvalue weighted by Gasteiger charge is 2.20. The zero-order chi connectivity index (χ0) is 28.1. The molecule has 9 heteroatoms. The molecule has 4 rings (SSSR count). The topological polar surface area (TPSA) is 110 Å². The fourth-order valence-electron chi connectivity index (χ4n) is 3.56. The van der Waals surface area contributed by atoms with E-state index in [0.717, 1.165) is 11.6 Å². The molecule has 37 heavy (non-hydrogen) atoms. The van der Waals surface area contributed by atoms with E-state index in [-0.39, 0.29) is 11.1 Å². The maximum Gasteiger partial charge on any atom is 0.340 e. The van der Waals surface area contributed by atoms with Crippen molar-refractivity contribution < 1.29 is 27.9 Å². The Bertz CT molecular complexity index is 1370. The summed E-state index contributed by atoms with van der Waals surface area (Å²) in [6, 6.07) is 13.8. The number of alkyl halides is 1. The molecule has 0 radical (unpaired) electrons. The number of anilines is 1. The number of carboxylic acids is 1. The number of nitrogens with zero attached hydrogens (tertiary/aromatic N) is 1. The monoisotopic (exact) mass is 512 g/mol. The molecular formula is C28H30F2N2O5. The largest absolute Gasteiger partial charge is 0.478 e. The van der Waals surface area contributed by atoms with Gasteiger partial charge < -0.3 is 19.6 Å². The normalized spacial score (nSPS) is 10.5. The van der Waals surface area contributed by atoms with Crippen LogP contribution in [0, 0.1) is 12.7 Å². The molecule has 2 heterocycles. The molecule has 2 aromatic carbocycles. The number of hydrogen-bond donors (Lipinski definition) is 2. The van der Waals surface area contributed by atoms with E-state index in [2.05, 4.69) is 10.3 Å². The molecule has 0 aliphatic heterocycles. The molecule has 2 N–H and O–H groups in total. The van der Waals surface area contributed by atoms with E-state index in [4.69, 9.17) is 9.21 Å². The Morgan fingerprint density at radius 1 is 1.08 bits per heavy atom. The van der Waals surface area contributed by atoms with Crippen molar-refractivity contribution in [2.24, 2.45) is 0 Å². The number of halogens is 2. The molecule has 0 spiro atoms.